The van der Waals surface area contributed by atoms with Crippen LogP contribution in [0.2, 0.25) is 0 Å². The maximum atomic E-state index is 13.9. The number of aryl methyl sites for hydroxylation is 1. The van der Waals surface area contributed by atoms with Crippen molar-refractivity contribution in [2.24, 2.45) is 0 Å². The van der Waals surface area contributed by atoms with E-state index in [1.807, 2.05) is 0 Å². The molecule has 3 aromatic rings. The van der Waals surface area contributed by atoms with E-state index >= 15 is 0 Å². The van der Waals surface area contributed by atoms with Gasteiger partial charge in [0.05, 0.1) is 22.5 Å². The highest BCUT2D eigenvalue weighted by atomic mass is 32.2. The quantitative estimate of drug-likeness (QED) is 0.411. The molecule has 1 N–H and O–H groups in total. The van der Waals surface area contributed by atoms with Crippen LogP contribution in [0, 0.1) is 0 Å². The highest BCUT2D eigenvalue weighted by Gasteiger charge is 2.44. The molecule has 0 saturated carbocycles. The Kier molecular flexibility index (Phi) is 8.11. The summed E-state index contributed by atoms with van der Waals surface area (Å²) in [7, 11) is -6.89. The van der Waals surface area contributed by atoms with E-state index in [0.717, 1.165) is 38.3 Å². The van der Waals surface area contributed by atoms with Crippen molar-refractivity contribution in [3.8, 4) is 0 Å². The summed E-state index contributed by atoms with van der Waals surface area (Å²) in [6.45, 7) is -0.756. The fraction of sp³-hybridized carbons (Fsp3) is 0.333. The SMILES string of the molecule is COC(=O)c1c(NC(=O)[C@@H]2CN(S(=O)(=O)c3ccccc3)CCN2S(=O)(=O)c2ccccc2)sc2c1CCCC2. The number of ether oxygens (including phenoxy) is 1. The number of benzene rings is 2. The minimum absolute atomic E-state index is 0.00555. The first kappa shape index (κ1) is 28.4. The van der Waals surface area contributed by atoms with Gasteiger partial charge in [0.25, 0.3) is 0 Å². The van der Waals surface area contributed by atoms with Crippen molar-refractivity contribution >= 4 is 48.3 Å². The van der Waals surface area contributed by atoms with Gasteiger partial charge in [-0.1, -0.05) is 36.4 Å². The molecule has 1 amide bonds. The predicted molar refractivity (Wildman–Crippen MR) is 150 cm³/mol. The van der Waals surface area contributed by atoms with Crippen LogP contribution in [0.4, 0.5) is 5.00 Å². The standard InChI is InChI=1S/C27H29N3O7S3/c1-37-27(32)24-21-14-8-9-15-23(21)38-26(24)28-25(31)22-18-29(39(33,34)19-10-4-2-5-11-19)16-17-30(22)40(35,36)20-12-6-3-7-13-20/h2-7,10-13,22H,8-9,14-18H2,1H3,(H,28,31)/t22-/m0/s1. The number of thiophene rings is 1. The summed E-state index contributed by atoms with van der Waals surface area (Å²) < 4.78 is 61.3. The summed E-state index contributed by atoms with van der Waals surface area (Å²) >= 11 is 1.27. The van der Waals surface area contributed by atoms with Crippen LogP contribution in [-0.4, -0.2) is 70.1 Å². The first-order chi connectivity index (χ1) is 19.1. The second-order valence-corrected chi connectivity index (χ2v) is 14.5. The predicted octanol–water partition coefficient (Wildman–Crippen LogP) is 3.12. The maximum absolute atomic E-state index is 13.9. The molecule has 40 heavy (non-hydrogen) atoms. The van der Waals surface area contributed by atoms with Gasteiger partial charge in [-0.15, -0.1) is 11.3 Å². The zero-order valence-electron chi connectivity index (χ0n) is 21.8. The number of carbonyl (C=O) groups excluding carboxylic acids is 2. The van der Waals surface area contributed by atoms with Gasteiger partial charge in [0.15, 0.2) is 0 Å². The molecule has 0 spiro atoms. The summed E-state index contributed by atoms with van der Waals surface area (Å²) in [6.07, 6.45) is 3.30. The third-order valence-corrected chi connectivity index (χ3v) is 12.1. The lowest BCUT2D eigenvalue weighted by atomic mass is 9.95. The number of carbonyl (C=O) groups is 2. The van der Waals surface area contributed by atoms with Crippen molar-refractivity contribution in [1.29, 1.82) is 0 Å². The molecule has 13 heteroatoms. The largest absolute Gasteiger partial charge is 0.465 e. The van der Waals surface area contributed by atoms with E-state index in [4.69, 9.17) is 4.74 Å². The molecule has 5 rings (SSSR count). The van der Waals surface area contributed by atoms with E-state index in [1.165, 1.54) is 42.7 Å². The molecule has 1 aliphatic carbocycles. The van der Waals surface area contributed by atoms with Crippen LogP contribution in [0.25, 0.3) is 0 Å². The lowest BCUT2D eigenvalue weighted by molar-refractivity contribution is -0.120. The van der Waals surface area contributed by atoms with Crippen LogP contribution in [0.5, 0.6) is 0 Å². The van der Waals surface area contributed by atoms with E-state index in [9.17, 15) is 26.4 Å². The molecular weight excluding hydrogens is 575 g/mol. The number of esters is 1. The monoisotopic (exact) mass is 603 g/mol. The number of hydrogen-bond donors (Lipinski definition) is 1. The van der Waals surface area contributed by atoms with Crippen LogP contribution in [-0.2, 0) is 42.4 Å². The van der Waals surface area contributed by atoms with Gasteiger partial charge in [0, 0.05) is 24.5 Å². The molecule has 0 radical (unpaired) electrons. The lowest BCUT2D eigenvalue weighted by Crippen LogP contribution is -2.60. The molecule has 1 saturated heterocycles. The molecule has 1 aliphatic heterocycles. The molecule has 212 valence electrons. The average Bonchev–Trinajstić information content (AvgIpc) is 3.35. The number of piperazine rings is 1. The Bertz CT molecular complexity index is 1620. The average molecular weight is 604 g/mol. The van der Waals surface area contributed by atoms with E-state index in [2.05, 4.69) is 5.32 Å². The van der Waals surface area contributed by atoms with Gasteiger partial charge in [-0.2, -0.15) is 8.61 Å². The molecule has 2 heterocycles. The highest BCUT2D eigenvalue weighted by molar-refractivity contribution is 7.89. The van der Waals surface area contributed by atoms with Crippen molar-refractivity contribution in [2.75, 3.05) is 32.1 Å². The van der Waals surface area contributed by atoms with Crippen LogP contribution < -0.4 is 5.32 Å². The lowest BCUT2D eigenvalue weighted by Gasteiger charge is -2.38. The van der Waals surface area contributed by atoms with Gasteiger partial charge in [-0.25, -0.2) is 21.6 Å². The minimum atomic E-state index is -4.15. The van der Waals surface area contributed by atoms with Gasteiger partial charge in [-0.05, 0) is 55.5 Å². The summed E-state index contributed by atoms with van der Waals surface area (Å²) in [5, 5.41) is 3.05. The summed E-state index contributed by atoms with van der Waals surface area (Å²) in [4.78, 5) is 27.6. The number of nitrogens with one attached hydrogen (secondary N) is 1. The van der Waals surface area contributed by atoms with E-state index in [1.54, 1.807) is 36.4 Å². The van der Waals surface area contributed by atoms with Gasteiger partial charge in [0.1, 0.15) is 11.0 Å². The van der Waals surface area contributed by atoms with Crippen molar-refractivity contribution in [3.05, 3.63) is 76.7 Å². The van der Waals surface area contributed by atoms with Crippen molar-refractivity contribution < 1.29 is 31.2 Å². The smallest absolute Gasteiger partial charge is 0.341 e. The van der Waals surface area contributed by atoms with Gasteiger partial charge >= 0.3 is 5.97 Å². The zero-order chi connectivity index (χ0) is 28.5. The van der Waals surface area contributed by atoms with E-state index in [-0.39, 0.29) is 33.4 Å². The Morgan fingerprint density at radius 2 is 1.48 bits per heavy atom. The second-order valence-electron chi connectivity index (χ2n) is 9.52. The molecule has 2 aliphatic rings. The molecule has 10 nitrogen and oxygen atoms in total. The Morgan fingerprint density at radius 1 is 0.875 bits per heavy atom. The maximum Gasteiger partial charge on any atom is 0.341 e. The molecule has 2 aromatic carbocycles. The van der Waals surface area contributed by atoms with E-state index in [0.29, 0.717) is 6.42 Å². The number of rotatable bonds is 7. The zero-order valence-corrected chi connectivity index (χ0v) is 24.2. The molecule has 0 bridgehead atoms. The Balaban J connectivity index is 1.52. The Hall–Kier alpha value is -3.10. The van der Waals surface area contributed by atoms with Crippen molar-refractivity contribution in [3.63, 3.8) is 0 Å². The Labute approximate surface area is 237 Å². The van der Waals surface area contributed by atoms with Crippen molar-refractivity contribution in [2.45, 2.75) is 41.5 Å². The number of fused-ring (bicyclic) bond motifs is 1. The molecule has 1 fully saturated rings. The summed E-state index contributed by atoms with van der Waals surface area (Å²) in [5.74, 6) is -1.31. The van der Waals surface area contributed by atoms with Crippen molar-refractivity contribution in [1.82, 2.24) is 8.61 Å². The topological polar surface area (TPSA) is 130 Å². The molecule has 0 unspecified atom stereocenters. The number of nitrogens with zero attached hydrogens (tertiary/aromatic N) is 2. The van der Waals surface area contributed by atoms with Gasteiger partial charge < -0.3 is 10.1 Å². The Morgan fingerprint density at radius 3 is 2.10 bits per heavy atom. The van der Waals surface area contributed by atoms with Crippen LogP contribution in [0.3, 0.4) is 0 Å². The highest BCUT2D eigenvalue weighted by Crippen LogP contribution is 2.39. The summed E-state index contributed by atoms with van der Waals surface area (Å²) in [6, 6.07) is 14.1. The van der Waals surface area contributed by atoms with Gasteiger partial charge in [0.2, 0.25) is 26.0 Å². The minimum Gasteiger partial charge on any atom is -0.465 e. The second kappa shape index (κ2) is 11.4. The van der Waals surface area contributed by atoms with Crippen LogP contribution in [0.15, 0.2) is 70.5 Å². The third-order valence-electron chi connectivity index (χ3n) is 7.12. The molecule has 1 aromatic heterocycles. The number of sulfonamides is 2. The van der Waals surface area contributed by atoms with Crippen LogP contribution in [0.1, 0.15) is 33.6 Å². The normalized spacial score (nSPS) is 18.6. The van der Waals surface area contributed by atoms with E-state index < -0.39 is 44.5 Å². The molecule has 1 atom stereocenters. The fourth-order valence-electron chi connectivity index (χ4n) is 5.10. The number of methoxy groups -OCH3 is 1. The molecular formula is C27H29N3O7S3. The third kappa shape index (κ3) is 5.31. The number of hydrogen-bond acceptors (Lipinski definition) is 8. The van der Waals surface area contributed by atoms with Crippen LogP contribution >= 0.6 is 11.3 Å². The first-order valence-corrected chi connectivity index (χ1v) is 16.5. The summed E-state index contributed by atoms with van der Waals surface area (Å²) in [5.41, 5.74) is 1.11. The fourth-order valence-corrected chi connectivity index (χ4v) is 9.43. The van der Waals surface area contributed by atoms with Gasteiger partial charge in [-0.3, -0.25) is 4.79 Å². The first-order valence-electron chi connectivity index (χ1n) is 12.8. The number of anilines is 1. The number of amides is 1.